The zero-order valence-corrected chi connectivity index (χ0v) is 14.6. The molecule has 13 heteroatoms. The van der Waals surface area contributed by atoms with Crippen molar-refractivity contribution in [2.45, 2.75) is 36.5 Å². The second-order valence-electron chi connectivity index (χ2n) is 5.86. The van der Waals surface area contributed by atoms with Crippen molar-refractivity contribution >= 4 is 11.9 Å². The molecule has 13 nitrogen and oxygen atoms in total. The largest absolute Gasteiger partial charge is 0.382 e. The number of imide groups is 1. The number of nitro groups is 1. The van der Waals surface area contributed by atoms with Crippen molar-refractivity contribution in [1.82, 2.24) is 9.80 Å². The van der Waals surface area contributed by atoms with Crippen molar-refractivity contribution < 1.29 is 43.7 Å². The number of nitrogens with zero attached hydrogens (tertiary/aromatic N) is 3. The van der Waals surface area contributed by atoms with Crippen LogP contribution in [0.5, 0.6) is 0 Å². The van der Waals surface area contributed by atoms with E-state index in [4.69, 9.17) is 18.9 Å². The van der Waals surface area contributed by atoms with Crippen LogP contribution in [-0.2, 0) is 23.7 Å². The summed E-state index contributed by atoms with van der Waals surface area (Å²) in [7, 11) is 4.99. The highest BCUT2D eigenvalue weighted by Crippen LogP contribution is 2.35. The first-order valence-electron chi connectivity index (χ1n) is 7.52. The fraction of sp³-hybridized carbons (Fsp3) is 0.846. The van der Waals surface area contributed by atoms with Gasteiger partial charge in [0.15, 0.2) is 6.23 Å². The monoisotopic (exact) mass is 379 g/mol. The first-order chi connectivity index (χ1) is 12.1. The molecule has 5 atom stereocenters. The molecule has 2 heterocycles. The maximum atomic E-state index is 12.5. The third kappa shape index (κ3) is 3.02. The Morgan fingerprint density at radius 2 is 1.81 bits per heavy atom. The van der Waals surface area contributed by atoms with Crippen LogP contribution in [0.15, 0.2) is 0 Å². The van der Waals surface area contributed by atoms with Gasteiger partial charge in [0.25, 0.3) is 5.91 Å². The van der Waals surface area contributed by atoms with Crippen LogP contribution in [0.1, 0.15) is 0 Å². The quantitative estimate of drug-likeness (QED) is 0.288. The molecule has 0 aromatic heterocycles. The zero-order valence-electron chi connectivity index (χ0n) is 14.6. The molecule has 0 aromatic rings. The van der Waals surface area contributed by atoms with Crippen LogP contribution in [0, 0.1) is 10.1 Å². The molecule has 2 rings (SSSR count). The predicted molar refractivity (Wildman–Crippen MR) is 80.1 cm³/mol. The third-order valence-corrected chi connectivity index (χ3v) is 4.39. The standard InChI is InChI=1S/C13H21N3O10/c1-14-11(17)13(19,20)10(16(21)22)15(12(14)18)9-8(25-4)7(24-3)6(26-9)5-23-2/h6-10,19-20H,5H2,1-4H3/t6-,7-,8-,9-,10+/m1/s1. The van der Waals surface area contributed by atoms with E-state index in [1.807, 2.05) is 0 Å². The number of likely N-dealkylation sites (N-methyl/N-ethyl adjacent to an activating group) is 1. The number of methoxy groups -OCH3 is 3. The molecule has 2 fully saturated rings. The predicted octanol–water partition coefficient (Wildman–Crippen LogP) is -2.43. The molecule has 148 valence electrons. The minimum Gasteiger partial charge on any atom is -0.382 e. The summed E-state index contributed by atoms with van der Waals surface area (Å²) in [4.78, 5) is 35.6. The molecule has 2 N–H and O–H groups in total. The summed E-state index contributed by atoms with van der Waals surface area (Å²) in [6, 6.07) is -1.14. The Labute approximate surface area is 148 Å². The van der Waals surface area contributed by atoms with Crippen molar-refractivity contribution in [3.63, 3.8) is 0 Å². The first kappa shape index (κ1) is 20.4. The van der Waals surface area contributed by atoms with E-state index in [0.717, 1.165) is 7.05 Å². The number of rotatable bonds is 6. The van der Waals surface area contributed by atoms with Crippen molar-refractivity contribution in [3.8, 4) is 0 Å². The molecule has 0 unspecified atom stereocenters. The zero-order chi connectivity index (χ0) is 19.8. The summed E-state index contributed by atoms with van der Waals surface area (Å²) in [5.74, 6) is -4.97. The second-order valence-corrected chi connectivity index (χ2v) is 5.86. The Hall–Kier alpha value is -1.90. The Morgan fingerprint density at radius 3 is 2.27 bits per heavy atom. The lowest BCUT2D eigenvalue weighted by Crippen LogP contribution is -2.75. The number of hydrogen-bond donors (Lipinski definition) is 2. The lowest BCUT2D eigenvalue weighted by Gasteiger charge is -2.43. The number of ether oxygens (including phenoxy) is 4. The highest BCUT2D eigenvalue weighted by atomic mass is 16.7. The molecule has 2 aliphatic rings. The van der Waals surface area contributed by atoms with Gasteiger partial charge in [-0.05, 0) is 0 Å². The van der Waals surface area contributed by atoms with Gasteiger partial charge in [-0.25, -0.2) is 9.69 Å². The topological polar surface area (TPSA) is 161 Å². The number of aliphatic hydroxyl groups is 2. The van der Waals surface area contributed by atoms with E-state index in [0.29, 0.717) is 9.80 Å². The molecular formula is C13H21N3O10. The lowest BCUT2D eigenvalue weighted by atomic mass is 10.1. The average molecular weight is 379 g/mol. The highest BCUT2D eigenvalue weighted by molar-refractivity contribution is 6.00. The van der Waals surface area contributed by atoms with Gasteiger partial charge in [-0.3, -0.25) is 19.8 Å². The molecule has 0 saturated carbocycles. The fourth-order valence-electron chi connectivity index (χ4n) is 3.18. The number of urea groups is 1. The van der Waals surface area contributed by atoms with Gasteiger partial charge in [-0.1, -0.05) is 0 Å². The molecular weight excluding hydrogens is 358 g/mol. The van der Waals surface area contributed by atoms with E-state index in [-0.39, 0.29) is 6.61 Å². The summed E-state index contributed by atoms with van der Waals surface area (Å²) in [6.07, 6.45) is -6.46. The molecule has 26 heavy (non-hydrogen) atoms. The van der Waals surface area contributed by atoms with Crippen LogP contribution < -0.4 is 0 Å². The summed E-state index contributed by atoms with van der Waals surface area (Å²) in [5, 5.41) is 31.5. The van der Waals surface area contributed by atoms with Gasteiger partial charge >= 0.3 is 18.0 Å². The molecule has 0 aromatic carbocycles. The summed E-state index contributed by atoms with van der Waals surface area (Å²) in [5.41, 5.74) is 0. The Kier molecular flexibility index (Phi) is 5.79. The van der Waals surface area contributed by atoms with E-state index >= 15 is 0 Å². The van der Waals surface area contributed by atoms with Gasteiger partial charge in [-0.15, -0.1) is 0 Å². The summed E-state index contributed by atoms with van der Waals surface area (Å²) < 4.78 is 21.2. The van der Waals surface area contributed by atoms with Crippen molar-refractivity contribution in [1.29, 1.82) is 0 Å². The SMILES string of the molecule is COC[C@H]1O[C@@H](N2C(=O)N(C)C(=O)C(O)(O)[C@@H]2[N+](=O)[O-])[C@H](OC)[C@@H]1OC. The van der Waals surface area contributed by atoms with Crippen LogP contribution in [0.3, 0.4) is 0 Å². The maximum absolute atomic E-state index is 12.5. The third-order valence-electron chi connectivity index (χ3n) is 4.39. The highest BCUT2D eigenvalue weighted by Gasteiger charge is 2.66. The van der Waals surface area contributed by atoms with E-state index in [1.54, 1.807) is 0 Å². The van der Waals surface area contributed by atoms with Gasteiger partial charge in [0.05, 0.1) is 11.5 Å². The van der Waals surface area contributed by atoms with Crippen LogP contribution in [0.25, 0.3) is 0 Å². The van der Waals surface area contributed by atoms with Gasteiger partial charge in [0, 0.05) is 28.4 Å². The summed E-state index contributed by atoms with van der Waals surface area (Å²) >= 11 is 0. The minimum absolute atomic E-state index is 0.0260. The van der Waals surface area contributed by atoms with E-state index in [9.17, 15) is 29.9 Å². The van der Waals surface area contributed by atoms with E-state index in [1.165, 1.54) is 21.3 Å². The smallest absolute Gasteiger partial charge is 0.355 e. The van der Waals surface area contributed by atoms with Gasteiger partial charge in [0.1, 0.15) is 18.3 Å². The number of carbonyl (C=O) groups is 2. The number of amides is 3. The molecule has 0 radical (unpaired) electrons. The number of hydrogen-bond acceptors (Lipinski definition) is 10. The number of carbonyl (C=O) groups excluding carboxylic acids is 2. The van der Waals surface area contributed by atoms with Crippen LogP contribution >= 0.6 is 0 Å². The molecule has 3 amide bonds. The Bertz CT molecular complexity index is 585. The van der Waals surface area contributed by atoms with Crippen LogP contribution in [0.2, 0.25) is 0 Å². The summed E-state index contributed by atoms with van der Waals surface area (Å²) in [6.45, 7) is 0.0260. The fourth-order valence-corrected chi connectivity index (χ4v) is 3.18. The Balaban J connectivity index is 2.49. The van der Waals surface area contributed by atoms with Crippen molar-refractivity contribution in [3.05, 3.63) is 10.1 Å². The van der Waals surface area contributed by atoms with Crippen LogP contribution in [-0.4, -0.2) is 108 Å². The minimum atomic E-state index is -3.45. The Morgan fingerprint density at radius 1 is 1.23 bits per heavy atom. The van der Waals surface area contributed by atoms with Gasteiger partial charge < -0.3 is 29.2 Å². The molecule has 0 bridgehead atoms. The van der Waals surface area contributed by atoms with Gasteiger partial charge in [0.2, 0.25) is 0 Å². The van der Waals surface area contributed by atoms with Crippen LogP contribution in [0.4, 0.5) is 4.79 Å². The first-order valence-corrected chi connectivity index (χ1v) is 7.52. The van der Waals surface area contributed by atoms with Crippen molar-refractivity contribution in [2.24, 2.45) is 0 Å². The molecule has 2 aliphatic heterocycles. The molecule has 2 saturated heterocycles. The van der Waals surface area contributed by atoms with E-state index in [2.05, 4.69) is 0 Å². The lowest BCUT2D eigenvalue weighted by molar-refractivity contribution is -0.587. The maximum Gasteiger partial charge on any atom is 0.355 e. The average Bonchev–Trinajstić information content (AvgIpc) is 2.93. The van der Waals surface area contributed by atoms with Gasteiger partial charge in [-0.2, -0.15) is 0 Å². The molecule has 0 aliphatic carbocycles. The molecule has 0 spiro atoms. The van der Waals surface area contributed by atoms with E-state index < -0.39 is 53.4 Å². The normalized spacial score (nSPS) is 34.5. The van der Waals surface area contributed by atoms with Crippen molar-refractivity contribution in [2.75, 3.05) is 35.0 Å². The second kappa shape index (κ2) is 7.38.